The van der Waals surface area contributed by atoms with Gasteiger partial charge < -0.3 is 0 Å². The van der Waals surface area contributed by atoms with Crippen molar-refractivity contribution >= 4 is 0 Å². The summed E-state index contributed by atoms with van der Waals surface area (Å²) in [6.07, 6.45) is 9.92. The molecule has 1 aliphatic carbocycles. The summed E-state index contributed by atoms with van der Waals surface area (Å²) in [5, 5.41) is 0. The predicted octanol–water partition coefficient (Wildman–Crippen LogP) is 18.8. The Hall–Kier alpha value is -2.48. The van der Waals surface area contributed by atoms with Crippen molar-refractivity contribution in [3.8, 4) is 0 Å². The van der Waals surface area contributed by atoms with Crippen molar-refractivity contribution in [1.82, 2.24) is 9.97 Å². The van der Waals surface area contributed by atoms with Gasteiger partial charge in [-0.05, 0) is 119 Å². The Morgan fingerprint density at radius 1 is 0.321 bits per heavy atom. The van der Waals surface area contributed by atoms with E-state index >= 15 is 0 Å². The molecule has 56 heavy (non-hydrogen) atoms. The average Bonchev–Trinajstić information content (AvgIpc) is 3.21. The molecule has 2 nitrogen and oxygen atoms in total. The van der Waals surface area contributed by atoms with Gasteiger partial charge >= 0.3 is 0 Å². The van der Waals surface area contributed by atoms with Crippen LogP contribution in [0.1, 0.15) is 261 Å². The molecule has 1 saturated carbocycles. The minimum Gasteiger partial charge on any atom is -0.261 e. The topological polar surface area (TPSA) is 25.8 Å². The van der Waals surface area contributed by atoms with Crippen LogP contribution in [-0.4, -0.2) is 9.97 Å². The molecule has 4 rings (SSSR count). The van der Waals surface area contributed by atoms with E-state index < -0.39 is 0 Å². The van der Waals surface area contributed by atoms with Crippen molar-refractivity contribution in [3.05, 3.63) is 94.6 Å². The summed E-state index contributed by atoms with van der Waals surface area (Å²) in [5.74, 6) is 7.41. The molecular weight excluding hydrogens is 677 g/mol. The van der Waals surface area contributed by atoms with E-state index in [1.165, 1.54) is 59.3 Å². The molecule has 0 unspecified atom stereocenters. The quantitative estimate of drug-likeness (QED) is 0.228. The molecule has 1 aromatic carbocycles. The number of hydrogen-bond acceptors (Lipinski definition) is 2. The summed E-state index contributed by atoms with van der Waals surface area (Å²) < 4.78 is 0. The smallest absolute Gasteiger partial charge is 0.0429 e. The summed E-state index contributed by atoms with van der Waals surface area (Å²) in [6, 6.07) is 17.5. The van der Waals surface area contributed by atoms with Crippen LogP contribution in [0.2, 0.25) is 0 Å². The molecule has 0 spiro atoms. The number of benzene rings is 1. The number of pyridine rings is 2. The molecule has 0 radical (unpaired) electrons. The van der Waals surface area contributed by atoms with Crippen LogP contribution in [0.4, 0.5) is 0 Å². The van der Waals surface area contributed by atoms with Gasteiger partial charge in [0.1, 0.15) is 0 Å². The Morgan fingerprint density at radius 2 is 0.536 bits per heavy atom. The Kier molecular flexibility index (Phi) is 39.6. The van der Waals surface area contributed by atoms with Crippen LogP contribution < -0.4 is 0 Å². The van der Waals surface area contributed by atoms with Crippen LogP contribution >= 0.6 is 0 Å². The van der Waals surface area contributed by atoms with Gasteiger partial charge in [-0.2, -0.15) is 0 Å². The highest BCUT2D eigenvalue weighted by Crippen LogP contribution is 2.36. The molecule has 2 aromatic heterocycles. The highest BCUT2D eigenvalue weighted by atomic mass is 14.7. The standard InChI is InChI=1S/C12H24.C12H18.2C11H17N.4C2H6/c2*1-9(2)11-5-7-12(8-6-11)10(3)4;2*1-8(2)10-5-6-11(9(3)4)12-7-10;4*1-2/h9-12H,5-8H2,1-4H3;5-10H,1-4H3;2*5-9H,1-4H3;4*1-2H3. The Balaban J connectivity index is -0.000000303. The maximum absolute atomic E-state index is 4.40. The summed E-state index contributed by atoms with van der Waals surface area (Å²) in [4.78, 5) is 8.80. The minimum absolute atomic E-state index is 0.534. The van der Waals surface area contributed by atoms with Gasteiger partial charge in [-0.1, -0.05) is 203 Å². The van der Waals surface area contributed by atoms with Gasteiger partial charge in [0.15, 0.2) is 0 Å². The first-order valence-corrected chi connectivity index (χ1v) is 23.5. The molecular formula is C54H100N2. The number of rotatable bonds is 8. The highest BCUT2D eigenvalue weighted by Gasteiger charge is 2.24. The molecule has 0 atom stereocenters. The SMILES string of the molecule is CC.CC.CC.CC.CC(C)C1CCC(C(C)C)CC1.CC(C)c1ccc(C(C)C)cc1.CC(C)c1ccc(C(C)C)nc1.CC(C)c1ccc(C(C)C)nc1. The first kappa shape index (κ1) is 60.2. The number of nitrogens with zero attached hydrogens (tertiary/aromatic N) is 2. The van der Waals surface area contributed by atoms with Crippen molar-refractivity contribution in [2.75, 3.05) is 0 Å². The fourth-order valence-electron chi connectivity index (χ4n) is 5.94. The molecule has 0 amide bonds. The van der Waals surface area contributed by atoms with Crippen LogP contribution in [0.15, 0.2) is 60.9 Å². The fraction of sp³-hybridized carbons (Fsp3) is 0.704. The highest BCUT2D eigenvalue weighted by molar-refractivity contribution is 5.26. The molecule has 0 saturated heterocycles. The van der Waals surface area contributed by atoms with Gasteiger partial charge in [0, 0.05) is 23.8 Å². The van der Waals surface area contributed by atoms with E-state index in [2.05, 4.69) is 169 Å². The normalized spacial score (nSPS) is 14.4. The predicted molar refractivity (Wildman–Crippen MR) is 260 cm³/mol. The lowest BCUT2D eigenvalue weighted by molar-refractivity contribution is 0.189. The Bertz CT molecular complexity index is 976. The van der Waals surface area contributed by atoms with Crippen LogP contribution in [0.3, 0.4) is 0 Å². The van der Waals surface area contributed by atoms with E-state index in [9.17, 15) is 0 Å². The Labute approximate surface area is 354 Å². The second kappa shape index (κ2) is 36.8. The van der Waals surface area contributed by atoms with Gasteiger partial charge in [0.25, 0.3) is 0 Å². The van der Waals surface area contributed by atoms with E-state index in [1.54, 1.807) is 0 Å². The van der Waals surface area contributed by atoms with Gasteiger partial charge in [0.2, 0.25) is 0 Å². The third-order valence-corrected chi connectivity index (χ3v) is 10.1. The molecule has 1 aliphatic rings. The molecule has 0 bridgehead atoms. The lowest BCUT2D eigenvalue weighted by atomic mass is 9.73. The molecule has 326 valence electrons. The lowest BCUT2D eigenvalue weighted by Crippen LogP contribution is -2.21. The van der Waals surface area contributed by atoms with Crippen LogP contribution in [0.25, 0.3) is 0 Å². The summed E-state index contributed by atoms with van der Waals surface area (Å²) >= 11 is 0. The van der Waals surface area contributed by atoms with Crippen LogP contribution in [0.5, 0.6) is 0 Å². The lowest BCUT2D eigenvalue weighted by Gasteiger charge is -2.32. The second-order valence-electron chi connectivity index (χ2n) is 16.8. The van der Waals surface area contributed by atoms with Gasteiger partial charge in [-0.25, -0.2) is 0 Å². The van der Waals surface area contributed by atoms with Crippen LogP contribution in [-0.2, 0) is 0 Å². The zero-order valence-corrected chi connectivity index (χ0v) is 42.3. The van der Waals surface area contributed by atoms with Crippen LogP contribution in [0, 0.1) is 23.7 Å². The monoisotopic (exact) mass is 777 g/mol. The van der Waals surface area contributed by atoms with E-state index in [0.717, 1.165) is 23.7 Å². The van der Waals surface area contributed by atoms with Crippen molar-refractivity contribution in [2.45, 2.75) is 227 Å². The first-order valence-electron chi connectivity index (χ1n) is 23.5. The first-order chi connectivity index (χ1) is 26.4. The maximum atomic E-state index is 4.40. The molecule has 2 heteroatoms. The second-order valence-corrected chi connectivity index (χ2v) is 16.8. The van der Waals surface area contributed by atoms with Crippen molar-refractivity contribution < 1.29 is 0 Å². The van der Waals surface area contributed by atoms with Crippen molar-refractivity contribution in [2.24, 2.45) is 23.7 Å². The van der Waals surface area contributed by atoms with E-state index in [1.807, 2.05) is 67.8 Å². The van der Waals surface area contributed by atoms with Gasteiger partial charge in [-0.3, -0.25) is 9.97 Å². The van der Waals surface area contributed by atoms with Gasteiger partial charge in [-0.15, -0.1) is 0 Å². The molecule has 3 aromatic rings. The largest absolute Gasteiger partial charge is 0.261 e. The minimum atomic E-state index is 0.534. The van der Waals surface area contributed by atoms with E-state index in [0.29, 0.717) is 35.5 Å². The molecule has 1 fully saturated rings. The maximum Gasteiger partial charge on any atom is 0.0429 e. The fourth-order valence-corrected chi connectivity index (χ4v) is 5.94. The zero-order valence-electron chi connectivity index (χ0n) is 42.3. The number of aromatic nitrogens is 2. The third kappa shape index (κ3) is 27.2. The summed E-state index contributed by atoms with van der Waals surface area (Å²) in [5.41, 5.74) is 7.86. The summed E-state index contributed by atoms with van der Waals surface area (Å²) in [7, 11) is 0. The number of hydrogen-bond donors (Lipinski definition) is 0. The molecule has 2 heterocycles. The van der Waals surface area contributed by atoms with E-state index in [-0.39, 0.29) is 0 Å². The molecule has 0 N–H and O–H groups in total. The van der Waals surface area contributed by atoms with Crippen molar-refractivity contribution in [1.29, 1.82) is 0 Å². The average molecular weight is 777 g/mol. The van der Waals surface area contributed by atoms with Gasteiger partial charge in [0.05, 0.1) is 0 Å². The summed E-state index contributed by atoms with van der Waals surface area (Å²) in [6.45, 7) is 51.8. The zero-order chi connectivity index (χ0) is 44.6. The Morgan fingerprint density at radius 3 is 0.679 bits per heavy atom. The molecule has 0 aliphatic heterocycles. The van der Waals surface area contributed by atoms with E-state index in [4.69, 9.17) is 0 Å². The third-order valence-electron chi connectivity index (χ3n) is 10.1. The van der Waals surface area contributed by atoms with Crippen molar-refractivity contribution in [3.63, 3.8) is 0 Å².